The highest BCUT2D eigenvalue weighted by molar-refractivity contribution is 5.31. The van der Waals surface area contributed by atoms with Crippen LogP contribution in [0.1, 0.15) is 33.6 Å². The van der Waals surface area contributed by atoms with Gasteiger partial charge in [0.25, 0.3) is 0 Å². The van der Waals surface area contributed by atoms with Crippen molar-refractivity contribution in [1.29, 1.82) is 0 Å². The number of nitrogens with zero attached hydrogens (tertiary/aromatic N) is 1. The van der Waals surface area contributed by atoms with Crippen LogP contribution >= 0.6 is 0 Å². The molecule has 0 spiro atoms. The van der Waals surface area contributed by atoms with Crippen LogP contribution in [0.2, 0.25) is 0 Å². The topological polar surface area (TPSA) is 12.5 Å². The van der Waals surface area contributed by atoms with Gasteiger partial charge in [-0.15, -0.1) is 0 Å². The maximum absolute atomic E-state index is 5.46. The van der Waals surface area contributed by atoms with E-state index in [2.05, 4.69) is 31.7 Å². The Hall–Kier alpha value is -0.500. The molecule has 1 aliphatic heterocycles. The van der Waals surface area contributed by atoms with Crippen LogP contribution in [0.15, 0.2) is 11.8 Å². The lowest BCUT2D eigenvalue weighted by Gasteiger charge is -2.43. The van der Waals surface area contributed by atoms with E-state index >= 15 is 0 Å². The van der Waals surface area contributed by atoms with Gasteiger partial charge in [0.15, 0.2) is 0 Å². The monoisotopic (exact) mass is 221 g/mol. The average Bonchev–Trinajstić information content (AvgIpc) is 2.62. The molecule has 1 saturated carbocycles. The summed E-state index contributed by atoms with van der Waals surface area (Å²) in [7, 11) is 0. The van der Waals surface area contributed by atoms with Crippen molar-refractivity contribution in [3.8, 4) is 0 Å². The van der Waals surface area contributed by atoms with Gasteiger partial charge in [-0.2, -0.15) is 0 Å². The Kier molecular flexibility index (Phi) is 2.16. The molecule has 2 atom stereocenters. The fourth-order valence-electron chi connectivity index (χ4n) is 3.92. The molecule has 2 unspecified atom stereocenters. The third kappa shape index (κ3) is 1.17. The maximum atomic E-state index is 5.46. The summed E-state index contributed by atoms with van der Waals surface area (Å²) in [5, 5.41) is 0. The Balaban J connectivity index is 1.90. The highest BCUT2D eigenvalue weighted by Gasteiger charge is 2.58. The summed E-state index contributed by atoms with van der Waals surface area (Å²) in [4.78, 5) is 2.57. The van der Waals surface area contributed by atoms with Crippen LogP contribution in [0, 0.1) is 16.7 Å². The molecular formula is C14H23NO. The van der Waals surface area contributed by atoms with Crippen molar-refractivity contribution in [2.45, 2.75) is 33.6 Å². The lowest BCUT2D eigenvalue weighted by molar-refractivity contribution is 0.0332. The van der Waals surface area contributed by atoms with Gasteiger partial charge in [-0.05, 0) is 24.2 Å². The van der Waals surface area contributed by atoms with E-state index in [-0.39, 0.29) is 0 Å². The standard InChI is InChI=1S/C14H23NO/c1-13(2)11-4-5-14(13,3)12(10-11)15-6-8-16-9-7-15/h10-11H,4-9H2,1-3H3. The summed E-state index contributed by atoms with van der Waals surface area (Å²) in [5.74, 6) is 0.801. The SMILES string of the molecule is CC12CCC(C=C1N1CCOCC1)C2(C)C. The van der Waals surface area contributed by atoms with E-state index in [0.29, 0.717) is 10.8 Å². The largest absolute Gasteiger partial charge is 0.378 e. The lowest BCUT2D eigenvalue weighted by atomic mass is 9.69. The third-order valence-corrected chi connectivity index (χ3v) is 5.58. The van der Waals surface area contributed by atoms with Gasteiger partial charge in [-0.1, -0.05) is 26.8 Å². The van der Waals surface area contributed by atoms with Crippen LogP contribution in [0.4, 0.5) is 0 Å². The fourth-order valence-corrected chi connectivity index (χ4v) is 3.92. The molecule has 3 aliphatic rings. The number of hydrogen-bond donors (Lipinski definition) is 0. The van der Waals surface area contributed by atoms with Gasteiger partial charge in [0.1, 0.15) is 0 Å². The number of hydrogen-bond acceptors (Lipinski definition) is 2. The predicted molar refractivity (Wildman–Crippen MR) is 65.1 cm³/mol. The van der Waals surface area contributed by atoms with Gasteiger partial charge in [-0.25, -0.2) is 0 Å². The van der Waals surface area contributed by atoms with Crippen molar-refractivity contribution < 1.29 is 4.74 Å². The smallest absolute Gasteiger partial charge is 0.0642 e. The van der Waals surface area contributed by atoms with Gasteiger partial charge < -0.3 is 9.64 Å². The molecule has 90 valence electrons. The Morgan fingerprint density at radius 1 is 1.25 bits per heavy atom. The number of allylic oxidation sites excluding steroid dienone is 2. The zero-order valence-electron chi connectivity index (χ0n) is 10.8. The molecule has 2 nitrogen and oxygen atoms in total. The van der Waals surface area contributed by atoms with E-state index in [1.165, 1.54) is 12.8 Å². The summed E-state index contributed by atoms with van der Waals surface area (Å²) < 4.78 is 5.46. The Labute approximate surface area is 98.6 Å². The number of ether oxygens (including phenoxy) is 1. The zero-order chi connectivity index (χ0) is 11.4. The first-order valence-corrected chi connectivity index (χ1v) is 6.61. The molecule has 0 N–H and O–H groups in total. The summed E-state index contributed by atoms with van der Waals surface area (Å²) in [6.07, 6.45) is 5.32. The van der Waals surface area contributed by atoms with Crippen molar-refractivity contribution in [3.63, 3.8) is 0 Å². The quantitative estimate of drug-likeness (QED) is 0.675. The van der Waals surface area contributed by atoms with E-state index in [1.807, 2.05) is 0 Å². The van der Waals surface area contributed by atoms with E-state index in [4.69, 9.17) is 4.74 Å². The first-order valence-electron chi connectivity index (χ1n) is 6.61. The third-order valence-electron chi connectivity index (χ3n) is 5.58. The molecule has 2 heteroatoms. The van der Waals surface area contributed by atoms with Crippen LogP contribution in [0.25, 0.3) is 0 Å². The molecule has 0 amide bonds. The van der Waals surface area contributed by atoms with E-state index in [0.717, 1.165) is 32.2 Å². The Bertz CT molecular complexity index is 328. The minimum atomic E-state index is 0.412. The summed E-state index contributed by atoms with van der Waals surface area (Å²) >= 11 is 0. The van der Waals surface area contributed by atoms with Gasteiger partial charge in [0.05, 0.1) is 13.2 Å². The first kappa shape index (κ1) is 10.6. The van der Waals surface area contributed by atoms with Gasteiger partial charge in [-0.3, -0.25) is 0 Å². The van der Waals surface area contributed by atoms with Crippen molar-refractivity contribution in [3.05, 3.63) is 11.8 Å². The fraction of sp³-hybridized carbons (Fsp3) is 0.857. The van der Waals surface area contributed by atoms with E-state index in [1.54, 1.807) is 5.70 Å². The molecule has 0 aromatic carbocycles. The highest BCUT2D eigenvalue weighted by Crippen LogP contribution is 2.65. The zero-order valence-corrected chi connectivity index (χ0v) is 10.8. The molecule has 0 aromatic rings. The minimum Gasteiger partial charge on any atom is -0.378 e. The number of rotatable bonds is 1. The Morgan fingerprint density at radius 2 is 1.94 bits per heavy atom. The second kappa shape index (κ2) is 3.25. The minimum absolute atomic E-state index is 0.412. The van der Waals surface area contributed by atoms with Crippen molar-refractivity contribution in [2.24, 2.45) is 16.7 Å². The second-order valence-electron chi connectivity index (χ2n) is 6.35. The first-order chi connectivity index (χ1) is 7.56. The summed E-state index contributed by atoms with van der Waals surface area (Å²) in [5.41, 5.74) is 2.49. The maximum Gasteiger partial charge on any atom is 0.0642 e. The number of fused-ring (bicyclic) bond motifs is 2. The molecule has 1 heterocycles. The lowest BCUT2D eigenvalue weighted by Crippen LogP contribution is -2.42. The van der Waals surface area contributed by atoms with Crippen LogP contribution in [-0.2, 0) is 4.74 Å². The van der Waals surface area contributed by atoms with Crippen molar-refractivity contribution in [1.82, 2.24) is 4.90 Å². The molecule has 0 radical (unpaired) electrons. The van der Waals surface area contributed by atoms with Crippen LogP contribution in [0.3, 0.4) is 0 Å². The van der Waals surface area contributed by atoms with Gasteiger partial charge in [0.2, 0.25) is 0 Å². The normalized spacial score (nSPS) is 41.3. The summed E-state index contributed by atoms with van der Waals surface area (Å²) in [6, 6.07) is 0. The molecular weight excluding hydrogens is 198 g/mol. The van der Waals surface area contributed by atoms with Crippen molar-refractivity contribution in [2.75, 3.05) is 26.3 Å². The Morgan fingerprint density at radius 3 is 2.44 bits per heavy atom. The summed E-state index contributed by atoms with van der Waals surface area (Å²) in [6.45, 7) is 11.4. The highest BCUT2D eigenvalue weighted by atomic mass is 16.5. The van der Waals surface area contributed by atoms with Gasteiger partial charge in [0, 0.05) is 24.2 Å². The molecule has 2 aliphatic carbocycles. The second-order valence-corrected chi connectivity index (χ2v) is 6.35. The van der Waals surface area contributed by atoms with Gasteiger partial charge >= 0.3 is 0 Å². The van der Waals surface area contributed by atoms with Crippen LogP contribution in [0.5, 0.6) is 0 Å². The van der Waals surface area contributed by atoms with Crippen molar-refractivity contribution >= 4 is 0 Å². The molecule has 1 saturated heterocycles. The number of morpholine rings is 1. The van der Waals surface area contributed by atoms with E-state index in [9.17, 15) is 0 Å². The molecule has 3 rings (SSSR count). The molecule has 0 aromatic heterocycles. The average molecular weight is 221 g/mol. The molecule has 2 fully saturated rings. The van der Waals surface area contributed by atoms with E-state index < -0.39 is 0 Å². The molecule has 16 heavy (non-hydrogen) atoms. The van der Waals surface area contributed by atoms with Crippen LogP contribution < -0.4 is 0 Å². The predicted octanol–water partition coefficient (Wildman–Crippen LogP) is 2.66. The van der Waals surface area contributed by atoms with Crippen LogP contribution in [-0.4, -0.2) is 31.2 Å². The molecule has 2 bridgehead atoms.